The van der Waals surface area contributed by atoms with Gasteiger partial charge in [0.1, 0.15) is 5.75 Å². The van der Waals surface area contributed by atoms with Crippen LogP contribution in [-0.4, -0.2) is 46.5 Å². The monoisotopic (exact) mass is 390 g/mol. The van der Waals surface area contributed by atoms with Gasteiger partial charge in [0.05, 0.1) is 23.1 Å². The fourth-order valence-electron chi connectivity index (χ4n) is 3.03. The van der Waals surface area contributed by atoms with Crippen molar-refractivity contribution >= 4 is 34.5 Å². The standard InChI is InChI=1S/C19H22N2O7/c1-11-16(18(25)19(20)26)17-13(6-5-7-14(17)28-10-15(23)24)21(11)8-3-4-9-27-12(2)22/h5-7H,3-4,8-10H2,1-2H3,(H2,20,26)(H,23,24). The molecule has 0 aliphatic rings. The fraction of sp³-hybridized carbons (Fsp3) is 0.368. The van der Waals surface area contributed by atoms with E-state index in [0.717, 1.165) is 0 Å². The molecule has 1 aromatic carbocycles. The lowest BCUT2D eigenvalue weighted by molar-refractivity contribution is -0.141. The number of hydrogen-bond donors (Lipinski definition) is 2. The number of hydrogen-bond acceptors (Lipinski definition) is 6. The van der Waals surface area contributed by atoms with Crippen LogP contribution in [-0.2, 0) is 25.7 Å². The maximum absolute atomic E-state index is 12.4. The Hall–Kier alpha value is -3.36. The summed E-state index contributed by atoms with van der Waals surface area (Å²) in [5.41, 5.74) is 6.45. The van der Waals surface area contributed by atoms with E-state index in [-0.39, 0.29) is 23.9 Å². The molecular formula is C19H22N2O7. The topological polar surface area (TPSA) is 138 Å². The van der Waals surface area contributed by atoms with Gasteiger partial charge in [-0.05, 0) is 31.9 Å². The van der Waals surface area contributed by atoms with Crippen LogP contribution in [0.3, 0.4) is 0 Å². The number of ketones is 1. The molecule has 2 aromatic rings. The van der Waals surface area contributed by atoms with Gasteiger partial charge in [-0.2, -0.15) is 0 Å². The van der Waals surface area contributed by atoms with Gasteiger partial charge in [0.15, 0.2) is 6.61 Å². The molecule has 1 aromatic heterocycles. The van der Waals surface area contributed by atoms with E-state index < -0.39 is 24.3 Å². The first-order chi connectivity index (χ1) is 13.2. The highest BCUT2D eigenvalue weighted by atomic mass is 16.5. The van der Waals surface area contributed by atoms with Gasteiger partial charge in [-0.25, -0.2) is 4.79 Å². The molecule has 0 saturated carbocycles. The van der Waals surface area contributed by atoms with Crippen molar-refractivity contribution in [1.82, 2.24) is 4.57 Å². The molecule has 9 nitrogen and oxygen atoms in total. The second kappa shape index (κ2) is 9.03. The zero-order valence-electron chi connectivity index (χ0n) is 15.7. The summed E-state index contributed by atoms with van der Waals surface area (Å²) >= 11 is 0. The second-order valence-electron chi connectivity index (χ2n) is 6.19. The number of carbonyl (C=O) groups is 4. The van der Waals surface area contributed by atoms with Gasteiger partial charge in [-0.15, -0.1) is 0 Å². The Morgan fingerprint density at radius 3 is 2.50 bits per heavy atom. The molecule has 28 heavy (non-hydrogen) atoms. The Morgan fingerprint density at radius 1 is 1.18 bits per heavy atom. The van der Waals surface area contributed by atoms with Crippen LogP contribution in [0.2, 0.25) is 0 Å². The van der Waals surface area contributed by atoms with Crippen molar-refractivity contribution in [3.05, 3.63) is 29.5 Å². The van der Waals surface area contributed by atoms with Gasteiger partial charge in [0, 0.05) is 19.2 Å². The number of amides is 1. The molecule has 0 bridgehead atoms. The molecule has 0 aliphatic heterocycles. The van der Waals surface area contributed by atoms with Crippen LogP contribution in [0.25, 0.3) is 10.9 Å². The minimum absolute atomic E-state index is 0.100. The Balaban J connectivity index is 2.44. The Morgan fingerprint density at radius 2 is 1.89 bits per heavy atom. The molecule has 3 N–H and O–H groups in total. The third kappa shape index (κ3) is 4.67. The zero-order valence-corrected chi connectivity index (χ0v) is 15.7. The van der Waals surface area contributed by atoms with Crippen LogP contribution in [0.15, 0.2) is 18.2 Å². The molecule has 0 saturated heterocycles. The lowest BCUT2D eigenvalue weighted by Crippen LogP contribution is -2.24. The SMILES string of the molecule is CC(=O)OCCCCn1c(C)c(C(=O)C(N)=O)c2c(OCC(=O)O)cccc21. The largest absolute Gasteiger partial charge is 0.481 e. The number of aromatic nitrogens is 1. The molecular weight excluding hydrogens is 368 g/mol. The predicted octanol–water partition coefficient (Wildman–Crippen LogP) is 1.42. The number of nitrogens with two attached hydrogens (primary N) is 1. The molecule has 0 radical (unpaired) electrons. The number of unbranched alkanes of at least 4 members (excludes halogenated alkanes) is 1. The van der Waals surface area contributed by atoms with Crippen molar-refractivity contribution < 1.29 is 33.8 Å². The van der Waals surface area contributed by atoms with Crippen LogP contribution in [0.5, 0.6) is 5.75 Å². The average molecular weight is 390 g/mol. The summed E-state index contributed by atoms with van der Waals surface area (Å²) in [6.45, 7) is 3.22. The zero-order chi connectivity index (χ0) is 20.8. The van der Waals surface area contributed by atoms with Crippen molar-refractivity contribution in [2.75, 3.05) is 13.2 Å². The molecule has 2 rings (SSSR count). The van der Waals surface area contributed by atoms with Crippen molar-refractivity contribution in [1.29, 1.82) is 0 Å². The fourth-order valence-corrected chi connectivity index (χ4v) is 3.03. The number of carboxylic acids is 1. The lowest BCUT2D eigenvalue weighted by Gasteiger charge is -2.09. The van der Waals surface area contributed by atoms with Gasteiger partial charge in [0.25, 0.3) is 11.7 Å². The number of rotatable bonds is 10. The van der Waals surface area contributed by atoms with E-state index >= 15 is 0 Å². The normalized spacial score (nSPS) is 10.6. The number of aliphatic carboxylic acids is 1. The highest BCUT2D eigenvalue weighted by Gasteiger charge is 2.26. The first kappa shape index (κ1) is 20.9. The van der Waals surface area contributed by atoms with E-state index in [4.69, 9.17) is 20.3 Å². The van der Waals surface area contributed by atoms with Gasteiger partial charge >= 0.3 is 11.9 Å². The second-order valence-corrected chi connectivity index (χ2v) is 6.19. The quantitative estimate of drug-likeness (QED) is 0.271. The Bertz CT molecular complexity index is 930. The van der Waals surface area contributed by atoms with Crippen molar-refractivity contribution in [3.63, 3.8) is 0 Å². The van der Waals surface area contributed by atoms with Crippen molar-refractivity contribution in [2.24, 2.45) is 5.73 Å². The average Bonchev–Trinajstić information content (AvgIpc) is 2.91. The molecule has 0 unspecified atom stereocenters. The molecule has 0 atom stereocenters. The van der Waals surface area contributed by atoms with E-state index in [1.54, 1.807) is 19.1 Å². The summed E-state index contributed by atoms with van der Waals surface area (Å²) < 4.78 is 12.1. The number of aryl methyl sites for hydroxylation is 1. The van der Waals surface area contributed by atoms with Crippen molar-refractivity contribution in [2.45, 2.75) is 33.2 Å². The third-order valence-electron chi connectivity index (χ3n) is 4.20. The number of esters is 1. The smallest absolute Gasteiger partial charge is 0.341 e. The number of Topliss-reactive ketones (excluding diaryl/α,β-unsaturated/α-hetero) is 1. The van der Waals surface area contributed by atoms with Crippen LogP contribution in [0.4, 0.5) is 0 Å². The molecule has 1 heterocycles. The first-order valence-corrected chi connectivity index (χ1v) is 8.68. The Kier molecular flexibility index (Phi) is 6.75. The number of carbonyl (C=O) groups excluding carboxylic acids is 3. The minimum atomic E-state index is -1.17. The highest BCUT2D eigenvalue weighted by Crippen LogP contribution is 2.34. The molecule has 150 valence electrons. The third-order valence-corrected chi connectivity index (χ3v) is 4.20. The van der Waals surface area contributed by atoms with E-state index in [0.29, 0.717) is 36.0 Å². The molecule has 0 aliphatic carbocycles. The molecule has 1 amide bonds. The predicted molar refractivity (Wildman–Crippen MR) is 99.2 cm³/mol. The summed E-state index contributed by atoms with van der Waals surface area (Å²) in [7, 11) is 0. The summed E-state index contributed by atoms with van der Waals surface area (Å²) in [5.74, 6) is -3.30. The van der Waals surface area contributed by atoms with E-state index in [1.165, 1.54) is 13.0 Å². The summed E-state index contributed by atoms with van der Waals surface area (Å²) in [6.07, 6.45) is 1.27. The molecule has 9 heteroatoms. The summed E-state index contributed by atoms with van der Waals surface area (Å²) in [6, 6.07) is 4.96. The van der Waals surface area contributed by atoms with E-state index in [9.17, 15) is 19.2 Å². The number of nitrogens with zero attached hydrogens (tertiary/aromatic N) is 1. The van der Waals surface area contributed by atoms with E-state index in [2.05, 4.69) is 0 Å². The van der Waals surface area contributed by atoms with Crippen LogP contribution in [0, 0.1) is 6.92 Å². The number of primary amides is 1. The van der Waals surface area contributed by atoms with Crippen LogP contribution in [0.1, 0.15) is 35.8 Å². The van der Waals surface area contributed by atoms with Crippen molar-refractivity contribution in [3.8, 4) is 5.75 Å². The summed E-state index contributed by atoms with van der Waals surface area (Å²) in [5, 5.41) is 9.22. The Labute approximate surface area is 161 Å². The number of carboxylic acid groups (broad SMARTS) is 1. The van der Waals surface area contributed by atoms with Gasteiger partial charge < -0.3 is 24.9 Å². The van der Waals surface area contributed by atoms with Gasteiger partial charge in [0.2, 0.25) is 0 Å². The number of fused-ring (bicyclic) bond motifs is 1. The van der Waals surface area contributed by atoms with Crippen LogP contribution >= 0.6 is 0 Å². The molecule has 0 spiro atoms. The minimum Gasteiger partial charge on any atom is -0.481 e. The summed E-state index contributed by atoms with van der Waals surface area (Å²) in [4.78, 5) is 45.6. The highest BCUT2D eigenvalue weighted by molar-refractivity contribution is 6.45. The molecule has 0 fully saturated rings. The van der Waals surface area contributed by atoms with Crippen LogP contribution < -0.4 is 10.5 Å². The van der Waals surface area contributed by atoms with Gasteiger partial charge in [-0.3, -0.25) is 14.4 Å². The van der Waals surface area contributed by atoms with Gasteiger partial charge in [-0.1, -0.05) is 6.07 Å². The number of benzene rings is 1. The number of ether oxygens (including phenoxy) is 2. The first-order valence-electron chi connectivity index (χ1n) is 8.68. The van der Waals surface area contributed by atoms with E-state index in [1.807, 2.05) is 4.57 Å². The maximum Gasteiger partial charge on any atom is 0.341 e. The lowest BCUT2D eigenvalue weighted by atomic mass is 10.1. The maximum atomic E-state index is 12.4.